The molecule has 1 N–H and O–H groups in total. The Morgan fingerprint density at radius 2 is 2.17 bits per heavy atom. The van der Waals surface area contributed by atoms with Crippen LogP contribution in [-0.4, -0.2) is 18.7 Å². The van der Waals surface area contributed by atoms with Crippen molar-refractivity contribution in [3.8, 4) is 5.75 Å². The smallest absolute Gasteiger partial charge is 0.122 e. The fourth-order valence-corrected chi connectivity index (χ4v) is 2.76. The molecule has 2 nitrogen and oxygen atoms in total. The molecule has 1 heterocycles. The van der Waals surface area contributed by atoms with Crippen molar-refractivity contribution in [1.82, 2.24) is 5.32 Å². The predicted molar refractivity (Wildman–Crippen MR) is 74.2 cm³/mol. The Labute approximate surface area is 110 Å². The summed E-state index contributed by atoms with van der Waals surface area (Å²) in [7, 11) is 0. The van der Waals surface area contributed by atoms with Crippen molar-refractivity contribution in [3.05, 3.63) is 29.3 Å². The minimum Gasteiger partial charge on any atom is -0.493 e. The van der Waals surface area contributed by atoms with Crippen molar-refractivity contribution < 1.29 is 4.74 Å². The fraction of sp³-hybridized carbons (Fsp3) is 0.625. The summed E-state index contributed by atoms with van der Waals surface area (Å²) < 4.78 is 5.56. The van der Waals surface area contributed by atoms with Crippen molar-refractivity contribution in [1.29, 1.82) is 0 Å². The first-order chi connectivity index (χ1) is 8.53. The van der Waals surface area contributed by atoms with E-state index in [2.05, 4.69) is 44.3 Å². The molecule has 1 aromatic rings. The quantitative estimate of drug-likeness (QED) is 0.883. The minimum absolute atomic E-state index is 0.235. The lowest BCUT2D eigenvalue weighted by atomic mass is 10.0. The second-order valence-corrected chi connectivity index (χ2v) is 6.70. The topological polar surface area (TPSA) is 21.3 Å². The van der Waals surface area contributed by atoms with Crippen LogP contribution in [0.5, 0.6) is 5.75 Å². The van der Waals surface area contributed by atoms with E-state index in [4.69, 9.17) is 4.74 Å². The second kappa shape index (κ2) is 4.27. The second-order valence-electron chi connectivity index (χ2n) is 6.70. The molecule has 0 bridgehead atoms. The Bertz CT molecular complexity index is 447. The Morgan fingerprint density at radius 1 is 1.33 bits per heavy atom. The van der Waals surface area contributed by atoms with Crippen LogP contribution in [0.3, 0.4) is 0 Å². The Morgan fingerprint density at radius 3 is 2.94 bits per heavy atom. The molecule has 0 spiro atoms. The zero-order valence-corrected chi connectivity index (χ0v) is 11.6. The molecular formula is C16H23NO. The summed E-state index contributed by atoms with van der Waals surface area (Å²) in [5, 5.41) is 3.61. The molecule has 0 radical (unpaired) electrons. The third kappa shape index (κ3) is 2.54. The summed E-state index contributed by atoms with van der Waals surface area (Å²) in [5.41, 5.74) is 3.15. The van der Waals surface area contributed by atoms with Gasteiger partial charge in [-0.1, -0.05) is 12.1 Å². The molecule has 0 aromatic heterocycles. The van der Waals surface area contributed by atoms with Crippen LogP contribution in [0.15, 0.2) is 18.2 Å². The van der Waals surface area contributed by atoms with Crippen LogP contribution in [0.1, 0.15) is 44.2 Å². The Balaban J connectivity index is 1.61. The van der Waals surface area contributed by atoms with Gasteiger partial charge in [-0.15, -0.1) is 0 Å². The van der Waals surface area contributed by atoms with Crippen LogP contribution in [0.25, 0.3) is 0 Å². The molecule has 2 heteroatoms. The average Bonchev–Trinajstić information content (AvgIpc) is 2.93. The molecule has 1 saturated carbocycles. The van der Waals surface area contributed by atoms with Gasteiger partial charge in [0, 0.05) is 12.0 Å². The summed E-state index contributed by atoms with van der Waals surface area (Å²) in [6.07, 6.45) is 2.42. The van der Waals surface area contributed by atoms with Gasteiger partial charge in [-0.25, -0.2) is 0 Å². The monoisotopic (exact) mass is 245 g/mol. The van der Waals surface area contributed by atoms with Crippen LogP contribution in [-0.2, 0) is 6.42 Å². The number of ether oxygens (including phenoxy) is 1. The molecule has 1 aromatic carbocycles. The van der Waals surface area contributed by atoms with E-state index < -0.39 is 0 Å². The largest absolute Gasteiger partial charge is 0.493 e. The summed E-state index contributed by atoms with van der Waals surface area (Å²) >= 11 is 0. The van der Waals surface area contributed by atoms with Gasteiger partial charge in [-0.05, 0) is 62.8 Å². The first-order valence-corrected chi connectivity index (χ1v) is 7.03. The summed E-state index contributed by atoms with van der Waals surface area (Å²) in [6.45, 7) is 8.70. The van der Waals surface area contributed by atoms with Crippen molar-refractivity contribution >= 4 is 0 Å². The maximum atomic E-state index is 5.56. The highest BCUT2D eigenvalue weighted by Gasteiger charge is 2.38. The molecule has 2 aliphatic rings. The van der Waals surface area contributed by atoms with Gasteiger partial charge in [0.05, 0.1) is 6.61 Å². The lowest BCUT2D eigenvalue weighted by molar-refractivity contribution is 0.357. The van der Waals surface area contributed by atoms with E-state index in [1.807, 2.05) is 0 Å². The molecule has 3 rings (SSSR count). The van der Waals surface area contributed by atoms with Crippen LogP contribution in [0.4, 0.5) is 0 Å². The van der Waals surface area contributed by atoms with Gasteiger partial charge in [0.25, 0.3) is 0 Å². The van der Waals surface area contributed by atoms with E-state index in [0.717, 1.165) is 37.2 Å². The van der Waals surface area contributed by atoms with E-state index in [9.17, 15) is 0 Å². The average molecular weight is 245 g/mol. The standard InChI is InChI=1S/C16H23NO/c1-16(2,3)17-10-13-9-14(13)11-4-5-15-12(8-11)6-7-18-15/h4-5,8,13-14,17H,6-7,9-10H2,1-3H3. The first kappa shape index (κ1) is 12.0. The van der Waals surface area contributed by atoms with Crippen molar-refractivity contribution in [2.45, 2.75) is 45.1 Å². The van der Waals surface area contributed by atoms with Crippen LogP contribution in [0, 0.1) is 5.92 Å². The molecule has 0 amide bonds. The molecule has 2 unspecified atom stereocenters. The number of benzene rings is 1. The van der Waals surface area contributed by atoms with Gasteiger partial charge < -0.3 is 10.1 Å². The number of hydrogen-bond acceptors (Lipinski definition) is 2. The first-order valence-electron chi connectivity index (χ1n) is 7.03. The highest BCUT2D eigenvalue weighted by atomic mass is 16.5. The maximum absolute atomic E-state index is 5.56. The molecule has 98 valence electrons. The highest BCUT2D eigenvalue weighted by molar-refractivity contribution is 5.42. The van der Waals surface area contributed by atoms with E-state index >= 15 is 0 Å². The van der Waals surface area contributed by atoms with E-state index in [1.165, 1.54) is 17.5 Å². The normalized spacial score (nSPS) is 25.7. The van der Waals surface area contributed by atoms with Gasteiger partial charge >= 0.3 is 0 Å². The number of fused-ring (bicyclic) bond motifs is 1. The van der Waals surface area contributed by atoms with Gasteiger partial charge in [0.15, 0.2) is 0 Å². The highest BCUT2D eigenvalue weighted by Crippen LogP contribution is 2.48. The SMILES string of the molecule is CC(C)(C)NCC1CC1c1ccc2c(c1)CCO2. The van der Waals surface area contributed by atoms with E-state index in [1.54, 1.807) is 0 Å². The van der Waals surface area contributed by atoms with Crippen LogP contribution >= 0.6 is 0 Å². The zero-order chi connectivity index (χ0) is 12.8. The number of rotatable bonds is 3. The molecular weight excluding hydrogens is 222 g/mol. The minimum atomic E-state index is 0.235. The van der Waals surface area contributed by atoms with Gasteiger partial charge in [0.2, 0.25) is 0 Å². The molecule has 0 saturated heterocycles. The summed E-state index contributed by atoms with van der Waals surface area (Å²) in [4.78, 5) is 0. The summed E-state index contributed by atoms with van der Waals surface area (Å²) in [6, 6.07) is 6.78. The number of nitrogens with one attached hydrogen (secondary N) is 1. The lowest BCUT2D eigenvalue weighted by Gasteiger charge is -2.20. The third-order valence-electron chi connectivity index (χ3n) is 3.96. The van der Waals surface area contributed by atoms with Gasteiger partial charge in [0.1, 0.15) is 5.75 Å². The van der Waals surface area contributed by atoms with Crippen molar-refractivity contribution in [2.75, 3.05) is 13.2 Å². The van der Waals surface area contributed by atoms with Gasteiger partial charge in [-0.3, -0.25) is 0 Å². The molecule has 2 atom stereocenters. The number of hydrogen-bond donors (Lipinski definition) is 1. The molecule has 1 aliphatic heterocycles. The fourth-order valence-electron chi connectivity index (χ4n) is 2.76. The Kier molecular flexibility index (Phi) is 2.86. The third-order valence-corrected chi connectivity index (χ3v) is 3.96. The Hall–Kier alpha value is -1.02. The van der Waals surface area contributed by atoms with E-state index in [-0.39, 0.29) is 5.54 Å². The maximum Gasteiger partial charge on any atom is 0.122 e. The van der Waals surface area contributed by atoms with E-state index in [0.29, 0.717) is 0 Å². The molecule has 1 aliphatic carbocycles. The molecule has 1 fully saturated rings. The van der Waals surface area contributed by atoms with Crippen molar-refractivity contribution in [2.24, 2.45) is 5.92 Å². The zero-order valence-electron chi connectivity index (χ0n) is 11.6. The van der Waals surface area contributed by atoms with Crippen LogP contribution in [0.2, 0.25) is 0 Å². The van der Waals surface area contributed by atoms with Gasteiger partial charge in [-0.2, -0.15) is 0 Å². The van der Waals surface area contributed by atoms with Crippen LogP contribution < -0.4 is 10.1 Å². The molecule has 18 heavy (non-hydrogen) atoms. The predicted octanol–water partition coefficient (Wildman–Crippen LogP) is 3.11. The summed E-state index contributed by atoms with van der Waals surface area (Å²) in [5.74, 6) is 2.69. The lowest BCUT2D eigenvalue weighted by Crippen LogP contribution is -2.37. The van der Waals surface area contributed by atoms with Crippen molar-refractivity contribution in [3.63, 3.8) is 0 Å².